The minimum atomic E-state index is -0.792. The Hall–Kier alpha value is -1.05. The molecule has 0 amide bonds. The lowest BCUT2D eigenvalue weighted by molar-refractivity contribution is -0.144. The molecule has 0 fully saturated rings. The molecule has 0 saturated carbocycles. The number of aliphatic carboxylic acids is 1. The molecular weight excluding hydrogens is 200 g/mol. The van der Waals surface area contributed by atoms with Crippen LogP contribution in [-0.4, -0.2) is 11.1 Å². The van der Waals surface area contributed by atoms with Gasteiger partial charge in [0, 0.05) is 0 Å². The van der Waals surface area contributed by atoms with E-state index in [1.165, 1.54) is 25.7 Å². The number of carboxylic acid groups (broad SMARTS) is 1. The molecule has 0 rings (SSSR count). The molecule has 0 bridgehead atoms. The van der Waals surface area contributed by atoms with Crippen molar-refractivity contribution >= 4 is 5.97 Å². The van der Waals surface area contributed by atoms with E-state index in [1.54, 1.807) is 19.9 Å². The van der Waals surface area contributed by atoms with Gasteiger partial charge in [-0.2, -0.15) is 0 Å². The number of unbranched alkanes of at least 4 members (excludes halogenated alkanes) is 4. The van der Waals surface area contributed by atoms with E-state index >= 15 is 0 Å². The van der Waals surface area contributed by atoms with Crippen LogP contribution < -0.4 is 0 Å². The molecule has 0 unspecified atom stereocenters. The average molecular weight is 224 g/mol. The van der Waals surface area contributed by atoms with Crippen LogP contribution in [-0.2, 0) is 4.79 Å². The molecule has 0 saturated heterocycles. The Morgan fingerprint density at radius 2 is 1.88 bits per heavy atom. The van der Waals surface area contributed by atoms with Crippen LogP contribution in [0.2, 0.25) is 0 Å². The van der Waals surface area contributed by atoms with Crippen LogP contribution in [0.4, 0.5) is 0 Å². The normalized spacial score (nSPS) is 12.7. The fraction of sp³-hybridized carbons (Fsp3) is 0.643. The second kappa shape index (κ2) is 8.14. The van der Waals surface area contributed by atoms with Crippen LogP contribution in [0, 0.1) is 5.41 Å². The smallest absolute Gasteiger partial charge is 0.312 e. The Kier molecular flexibility index (Phi) is 7.61. The third kappa shape index (κ3) is 7.27. The molecule has 0 heterocycles. The van der Waals surface area contributed by atoms with Crippen LogP contribution in [0.15, 0.2) is 24.3 Å². The van der Waals surface area contributed by atoms with Crippen LogP contribution >= 0.6 is 0 Å². The molecule has 92 valence electrons. The molecule has 2 nitrogen and oxygen atoms in total. The van der Waals surface area contributed by atoms with Crippen molar-refractivity contribution in [2.24, 2.45) is 5.41 Å². The summed E-state index contributed by atoms with van der Waals surface area (Å²) in [6.07, 6.45) is 13.7. The van der Waals surface area contributed by atoms with Crippen molar-refractivity contribution in [3.8, 4) is 0 Å². The fourth-order valence-electron chi connectivity index (χ4n) is 1.23. The van der Waals surface area contributed by atoms with Gasteiger partial charge in [-0.1, -0.05) is 50.5 Å². The molecule has 0 radical (unpaired) electrons. The summed E-state index contributed by atoms with van der Waals surface area (Å²) in [5, 5.41) is 8.87. The molecule has 1 N–H and O–H groups in total. The summed E-state index contributed by atoms with van der Waals surface area (Å²) in [5.74, 6) is -0.792. The Labute approximate surface area is 99.1 Å². The standard InChI is InChI=1S/C14H24O2/c1-4-5-6-7-8-9-10-11-12-14(2,3)13(15)16/h9-12H,4-8H2,1-3H3,(H,15,16). The maximum Gasteiger partial charge on any atom is 0.312 e. The summed E-state index contributed by atoms with van der Waals surface area (Å²) in [4.78, 5) is 10.8. The summed E-state index contributed by atoms with van der Waals surface area (Å²) in [6, 6.07) is 0. The second-order valence-electron chi connectivity index (χ2n) is 4.66. The Morgan fingerprint density at radius 3 is 2.44 bits per heavy atom. The molecule has 0 aliphatic carbocycles. The van der Waals surface area contributed by atoms with Gasteiger partial charge in [0.15, 0.2) is 0 Å². The van der Waals surface area contributed by atoms with Gasteiger partial charge in [-0.15, -0.1) is 0 Å². The van der Waals surface area contributed by atoms with Crippen molar-refractivity contribution < 1.29 is 9.90 Å². The molecule has 0 aliphatic rings. The van der Waals surface area contributed by atoms with Crippen molar-refractivity contribution in [1.82, 2.24) is 0 Å². The summed E-state index contributed by atoms with van der Waals surface area (Å²) in [6.45, 7) is 5.59. The zero-order valence-corrected chi connectivity index (χ0v) is 10.7. The minimum Gasteiger partial charge on any atom is -0.481 e. The predicted octanol–water partition coefficient (Wildman–Crippen LogP) is 4.18. The van der Waals surface area contributed by atoms with Gasteiger partial charge >= 0.3 is 5.97 Å². The number of hydrogen-bond acceptors (Lipinski definition) is 1. The number of allylic oxidation sites excluding steroid dienone is 3. The van der Waals surface area contributed by atoms with Crippen LogP contribution in [0.25, 0.3) is 0 Å². The zero-order chi connectivity index (χ0) is 12.4. The number of carbonyl (C=O) groups is 1. The topological polar surface area (TPSA) is 37.3 Å². The van der Waals surface area contributed by atoms with Gasteiger partial charge in [0.2, 0.25) is 0 Å². The van der Waals surface area contributed by atoms with Gasteiger partial charge in [-0.05, 0) is 26.7 Å². The molecule has 0 aromatic rings. The maximum atomic E-state index is 10.8. The van der Waals surface area contributed by atoms with Gasteiger partial charge in [0.05, 0.1) is 5.41 Å². The summed E-state index contributed by atoms with van der Waals surface area (Å²) in [5.41, 5.74) is -0.771. The van der Waals surface area contributed by atoms with E-state index in [0.717, 1.165) is 6.42 Å². The molecule has 0 atom stereocenters. The monoisotopic (exact) mass is 224 g/mol. The Balaban J connectivity index is 3.75. The lowest BCUT2D eigenvalue weighted by atomic mass is 9.93. The van der Waals surface area contributed by atoms with E-state index < -0.39 is 11.4 Å². The quantitative estimate of drug-likeness (QED) is 0.496. The van der Waals surface area contributed by atoms with E-state index in [1.807, 2.05) is 12.2 Å². The molecule has 16 heavy (non-hydrogen) atoms. The van der Waals surface area contributed by atoms with Crippen molar-refractivity contribution in [1.29, 1.82) is 0 Å². The molecule has 2 heteroatoms. The Morgan fingerprint density at radius 1 is 1.19 bits per heavy atom. The SMILES string of the molecule is CCCCCCC=CC=CC(C)(C)C(=O)O. The second-order valence-corrected chi connectivity index (χ2v) is 4.66. The van der Waals surface area contributed by atoms with E-state index in [4.69, 9.17) is 5.11 Å². The third-order valence-electron chi connectivity index (χ3n) is 2.54. The lowest BCUT2D eigenvalue weighted by Crippen LogP contribution is -2.20. The van der Waals surface area contributed by atoms with Crippen molar-refractivity contribution in [3.05, 3.63) is 24.3 Å². The molecule has 0 aliphatic heterocycles. The van der Waals surface area contributed by atoms with E-state index in [9.17, 15) is 4.79 Å². The third-order valence-corrected chi connectivity index (χ3v) is 2.54. The van der Waals surface area contributed by atoms with E-state index in [2.05, 4.69) is 13.0 Å². The first-order valence-electron chi connectivity index (χ1n) is 6.08. The number of carboxylic acids is 1. The van der Waals surface area contributed by atoms with E-state index in [-0.39, 0.29) is 0 Å². The molecular formula is C14H24O2. The largest absolute Gasteiger partial charge is 0.481 e. The minimum absolute atomic E-state index is 0.771. The molecule has 0 aromatic carbocycles. The highest BCUT2D eigenvalue weighted by molar-refractivity contribution is 5.75. The Bertz CT molecular complexity index is 249. The van der Waals surface area contributed by atoms with Gasteiger partial charge in [0.25, 0.3) is 0 Å². The van der Waals surface area contributed by atoms with Crippen LogP contribution in [0.1, 0.15) is 52.9 Å². The first-order valence-corrected chi connectivity index (χ1v) is 6.08. The summed E-state index contributed by atoms with van der Waals surface area (Å²) in [7, 11) is 0. The van der Waals surface area contributed by atoms with Gasteiger partial charge < -0.3 is 5.11 Å². The summed E-state index contributed by atoms with van der Waals surface area (Å²) >= 11 is 0. The highest BCUT2D eigenvalue weighted by Gasteiger charge is 2.22. The lowest BCUT2D eigenvalue weighted by Gasteiger charge is -2.12. The molecule has 0 aromatic heterocycles. The highest BCUT2D eigenvalue weighted by Crippen LogP contribution is 2.16. The van der Waals surface area contributed by atoms with Crippen LogP contribution in [0.3, 0.4) is 0 Å². The highest BCUT2D eigenvalue weighted by atomic mass is 16.4. The first-order chi connectivity index (χ1) is 7.50. The summed E-state index contributed by atoms with van der Waals surface area (Å²) < 4.78 is 0. The van der Waals surface area contributed by atoms with E-state index in [0.29, 0.717) is 0 Å². The zero-order valence-electron chi connectivity index (χ0n) is 10.7. The van der Waals surface area contributed by atoms with Crippen molar-refractivity contribution in [2.45, 2.75) is 52.9 Å². The van der Waals surface area contributed by atoms with Crippen LogP contribution in [0.5, 0.6) is 0 Å². The average Bonchev–Trinajstić information content (AvgIpc) is 2.21. The van der Waals surface area contributed by atoms with Gasteiger partial charge in [-0.25, -0.2) is 0 Å². The van der Waals surface area contributed by atoms with Crippen molar-refractivity contribution in [3.63, 3.8) is 0 Å². The van der Waals surface area contributed by atoms with Gasteiger partial charge in [-0.3, -0.25) is 4.79 Å². The van der Waals surface area contributed by atoms with Gasteiger partial charge in [0.1, 0.15) is 0 Å². The maximum absolute atomic E-state index is 10.8. The number of hydrogen-bond donors (Lipinski definition) is 1. The first kappa shape index (κ1) is 14.9. The predicted molar refractivity (Wildman–Crippen MR) is 68.5 cm³/mol. The van der Waals surface area contributed by atoms with Crippen molar-refractivity contribution in [2.75, 3.05) is 0 Å². The number of rotatable bonds is 8. The fourth-order valence-corrected chi connectivity index (χ4v) is 1.23. The molecule has 0 spiro atoms.